The van der Waals surface area contributed by atoms with Crippen molar-refractivity contribution < 1.29 is 23.1 Å². The van der Waals surface area contributed by atoms with Crippen LogP contribution in [0.1, 0.15) is 87.6 Å². The molecule has 0 unspecified atom stereocenters. The van der Waals surface area contributed by atoms with E-state index in [-0.39, 0.29) is 23.2 Å². The molecule has 0 heterocycles. The summed E-state index contributed by atoms with van der Waals surface area (Å²) in [5.74, 6) is 1.44. The summed E-state index contributed by atoms with van der Waals surface area (Å²) in [6, 6.07) is 11.1. The number of methoxy groups -OCH3 is 1. The summed E-state index contributed by atoms with van der Waals surface area (Å²) in [4.78, 5) is 12.2. The van der Waals surface area contributed by atoms with E-state index in [0.29, 0.717) is 12.5 Å². The maximum absolute atomic E-state index is 12.2. The van der Waals surface area contributed by atoms with Crippen LogP contribution in [-0.2, 0) is 25.0 Å². The fraction of sp³-hybridized carbons (Fsp3) is 0.735. The van der Waals surface area contributed by atoms with Crippen LogP contribution in [-0.4, -0.2) is 47.8 Å². The van der Waals surface area contributed by atoms with E-state index in [1.54, 1.807) is 7.11 Å². The molecule has 0 spiro atoms. The molecule has 7 heteroatoms. The Labute approximate surface area is 255 Å². The van der Waals surface area contributed by atoms with Crippen molar-refractivity contribution >= 4 is 22.9 Å². The third-order valence-electron chi connectivity index (χ3n) is 9.51. The summed E-state index contributed by atoms with van der Waals surface area (Å²) in [5, 5.41) is 0.171. The van der Waals surface area contributed by atoms with Gasteiger partial charge in [-0.25, -0.2) is 0 Å². The topological polar surface area (TPSA) is 54.0 Å². The number of allylic oxidation sites excluding steroid dienone is 1. The number of hydrogen-bond acceptors (Lipinski definition) is 5. The van der Waals surface area contributed by atoms with Crippen LogP contribution in [0.15, 0.2) is 36.4 Å². The Bertz CT molecular complexity index is 912. The Morgan fingerprint density at radius 3 is 1.93 bits per heavy atom. The molecular weight excluding hydrogens is 545 g/mol. The maximum Gasteiger partial charge on any atom is 0.193 e. The molecule has 0 N–H and O–H groups in total. The van der Waals surface area contributed by atoms with Gasteiger partial charge in [0.15, 0.2) is 22.9 Å². The third kappa shape index (κ3) is 11.7. The highest BCUT2D eigenvalue weighted by Crippen LogP contribution is 2.38. The van der Waals surface area contributed by atoms with Gasteiger partial charge in [-0.15, -0.1) is 0 Å². The fourth-order valence-corrected chi connectivity index (χ4v) is 9.40. The third-order valence-corrected chi connectivity index (χ3v) is 18.8. The van der Waals surface area contributed by atoms with E-state index in [4.69, 9.17) is 18.3 Å². The molecular formula is C34H62O5Si2. The van der Waals surface area contributed by atoms with Crippen molar-refractivity contribution in [2.45, 2.75) is 143 Å². The molecule has 0 radical (unpaired) electrons. The van der Waals surface area contributed by atoms with E-state index in [1.165, 1.54) is 0 Å². The molecule has 1 rings (SSSR count). The van der Waals surface area contributed by atoms with E-state index >= 15 is 0 Å². The van der Waals surface area contributed by atoms with E-state index in [0.717, 1.165) is 48.6 Å². The Hall–Kier alpha value is -1.26. The molecule has 0 aliphatic rings. The quantitative estimate of drug-likeness (QED) is 0.0891. The van der Waals surface area contributed by atoms with E-state index in [2.05, 4.69) is 93.6 Å². The molecule has 1 aromatic rings. The van der Waals surface area contributed by atoms with Gasteiger partial charge in [-0.2, -0.15) is 0 Å². The summed E-state index contributed by atoms with van der Waals surface area (Å²) < 4.78 is 25.3. The first-order valence-corrected chi connectivity index (χ1v) is 21.2. The molecule has 0 saturated heterocycles. The van der Waals surface area contributed by atoms with E-state index < -0.39 is 22.2 Å². The molecule has 0 saturated carbocycles. The zero-order valence-corrected chi connectivity index (χ0v) is 30.6. The van der Waals surface area contributed by atoms with Gasteiger partial charge in [-0.1, -0.05) is 79.7 Å². The lowest BCUT2D eigenvalue weighted by Gasteiger charge is -2.40. The zero-order valence-electron chi connectivity index (χ0n) is 28.6. The monoisotopic (exact) mass is 606 g/mol. The van der Waals surface area contributed by atoms with E-state index in [9.17, 15) is 4.79 Å². The summed E-state index contributed by atoms with van der Waals surface area (Å²) in [5.41, 5.74) is 0.241. The van der Waals surface area contributed by atoms with Crippen LogP contribution in [0.4, 0.5) is 0 Å². The van der Waals surface area contributed by atoms with Crippen molar-refractivity contribution in [3.8, 4) is 5.75 Å². The van der Waals surface area contributed by atoms with Gasteiger partial charge in [0.1, 0.15) is 11.4 Å². The van der Waals surface area contributed by atoms with Crippen LogP contribution in [0.2, 0.25) is 36.3 Å². The lowest BCUT2D eigenvalue weighted by molar-refractivity contribution is -0.117. The van der Waals surface area contributed by atoms with Gasteiger partial charge >= 0.3 is 0 Å². The highest BCUT2D eigenvalue weighted by atomic mass is 28.4. The summed E-state index contributed by atoms with van der Waals surface area (Å²) in [7, 11) is -2.12. The standard InChI is InChI=1S/C34H62O5Si2/c1-14-41(15-2,16-3)39-34(10,26-35)23-17-18-27(4)32(37-25-30-19-21-31(36-11)22-20-30)24-28(5)29(6)38-40(12,13)33(7,8)9/h17,19-23,26-29,32H,14-16,18,24-25H2,1-13H3/b23-17+/t27-,28+,29+,32+,34-/m1/s1. The fourth-order valence-electron chi connectivity index (χ4n) is 4.90. The summed E-state index contributed by atoms with van der Waals surface area (Å²) in [6.07, 6.45) is 6.98. The van der Waals surface area contributed by atoms with Gasteiger partial charge in [0.25, 0.3) is 0 Å². The van der Waals surface area contributed by atoms with Crippen molar-refractivity contribution in [2.24, 2.45) is 11.8 Å². The number of carbonyl (C=O) groups is 1. The molecule has 5 nitrogen and oxygen atoms in total. The molecule has 236 valence electrons. The molecule has 0 aliphatic carbocycles. The lowest BCUT2D eigenvalue weighted by atomic mass is 9.89. The summed E-state index contributed by atoms with van der Waals surface area (Å²) >= 11 is 0. The van der Waals surface area contributed by atoms with Gasteiger partial charge in [0, 0.05) is 6.10 Å². The molecule has 5 atom stereocenters. The van der Waals surface area contributed by atoms with Crippen molar-refractivity contribution in [3.63, 3.8) is 0 Å². The number of rotatable bonds is 19. The van der Waals surface area contributed by atoms with Crippen molar-refractivity contribution in [1.82, 2.24) is 0 Å². The second-order valence-corrected chi connectivity index (χ2v) is 23.2. The highest BCUT2D eigenvalue weighted by Gasteiger charge is 2.40. The average molecular weight is 607 g/mol. The Morgan fingerprint density at radius 2 is 1.46 bits per heavy atom. The molecule has 0 amide bonds. The minimum Gasteiger partial charge on any atom is -0.497 e. The molecule has 0 fully saturated rings. The first kappa shape index (κ1) is 37.8. The van der Waals surface area contributed by atoms with Crippen LogP contribution >= 0.6 is 0 Å². The SMILES string of the molecule is CC[Si](CC)(CC)O[C@@](C)(C=O)/C=C/C[C@@H](C)[C@H](C[C@H](C)[C@H](C)O[Si](C)(C)C(C)(C)C)OCc1ccc(OC)cc1. The predicted octanol–water partition coefficient (Wildman–Crippen LogP) is 9.58. The second kappa shape index (κ2) is 16.6. The van der Waals surface area contributed by atoms with Crippen molar-refractivity contribution in [2.75, 3.05) is 7.11 Å². The molecule has 0 aliphatic heterocycles. The van der Waals surface area contributed by atoms with Crippen LogP contribution < -0.4 is 4.74 Å². The largest absolute Gasteiger partial charge is 0.497 e. The van der Waals surface area contributed by atoms with Crippen LogP contribution in [0, 0.1) is 11.8 Å². The smallest absolute Gasteiger partial charge is 0.193 e. The number of benzene rings is 1. The summed E-state index contributed by atoms with van der Waals surface area (Å²) in [6.45, 7) is 27.3. The number of aldehydes is 1. The number of hydrogen-bond donors (Lipinski definition) is 0. The molecule has 41 heavy (non-hydrogen) atoms. The maximum atomic E-state index is 12.2. The first-order valence-electron chi connectivity index (χ1n) is 15.8. The predicted molar refractivity (Wildman–Crippen MR) is 179 cm³/mol. The first-order chi connectivity index (χ1) is 19.0. The number of ether oxygens (including phenoxy) is 2. The Kier molecular flexibility index (Phi) is 15.2. The van der Waals surface area contributed by atoms with Crippen molar-refractivity contribution in [1.29, 1.82) is 0 Å². The Balaban J connectivity index is 3.07. The van der Waals surface area contributed by atoms with Gasteiger partial charge in [-0.3, -0.25) is 4.79 Å². The Morgan fingerprint density at radius 1 is 0.902 bits per heavy atom. The van der Waals surface area contributed by atoms with Crippen LogP contribution in [0.25, 0.3) is 0 Å². The normalized spacial score (nSPS) is 17.6. The van der Waals surface area contributed by atoms with E-state index in [1.807, 2.05) is 25.1 Å². The van der Waals surface area contributed by atoms with Gasteiger partial charge in [0.2, 0.25) is 0 Å². The number of carbonyl (C=O) groups excluding carboxylic acids is 1. The van der Waals surface area contributed by atoms with Crippen LogP contribution in [0.3, 0.4) is 0 Å². The minimum absolute atomic E-state index is 0.0426. The van der Waals surface area contributed by atoms with Crippen molar-refractivity contribution in [3.05, 3.63) is 42.0 Å². The lowest BCUT2D eigenvalue weighted by Crippen LogP contribution is -2.45. The second-order valence-electron chi connectivity index (χ2n) is 13.8. The average Bonchev–Trinajstić information content (AvgIpc) is 2.93. The highest BCUT2D eigenvalue weighted by molar-refractivity contribution is 6.74. The van der Waals surface area contributed by atoms with Gasteiger partial charge in [-0.05, 0) is 92.5 Å². The van der Waals surface area contributed by atoms with Crippen LogP contribution in [0.5, 0.6) is 5.75 Å². The minimum atomic E-state index is -1.92. The zero-order chi connectivity index (χ0) is 31.5. The molecule has 0 aromatic heterocycles. The van der Waals surface area contributed by atoms with Gasteiger partial charge in [0.05, 0.1) is 19.8 Å². The van der Waals surface area contributed by atoms with Gasteiger partial charge < -0.3 is 18.3 Å². The molecule has 0 bridgehead atoms. The molecule has 1 aromatic carbocycles.